The lowest BCUT2D eigenvalue weighted by Gasteiger charge is -2.07. The second kappa shape index (κ2) is 5.24. The van der Waals surface area contributed by atoms with Gasteiger partial charge in [-0.05, 0) is 48.5 Å². The van der Waals surface area contributed by atoms with E-state index in [0.717, 1.165) is 4.47 Å². The molecule has 2 rings (SSSR count). The Morgan fingerprint density at radius 1 is 0.889 bits per heavy atom. The van der Waals surface area contributed by atoms with Crippen LogP contribution in [-0.4, -0.2) is 9.79 Å². The molecular weight excluding hydrogens is 319 g/mol. The Kier molecular flexibility index (Phi) is 3.88. The van der Waals surface area contributed by atoms with Crippen molar-refractivity contribution in [3.05, 3.63) is 53.0 Å². The van der Waals surface area contributed by atoms with Gasteiger partial charge in [0, 0.05) is 4.47 Å². The maximum absolute atomic E-state index is 11.0. The van der Waals surface area contributed by atoms with Crippen molar-refractivity contribution in [2.75, 3.05) is 0 Å². The summed E-state index contributed by atoms with van der Waals surface area (Å²) in [4.78, 5) is 17.9. The summed E-state index contributed by atoms with van der Waals surface area (Å²) in [6.45, 7) is 0. The normalized spacial score (nSPS) is 11.3. The van der Waals surface area contributed by atoms with Crippen molar-refractivity contribution in [1.29, 1.82) is 0 Å². The van der Waals surface area contributed by atoms with Crippen molar-refractivity contribution in [2.45, 2.75) is 0 Å². The van der Waals surface area contributed by atoms with Crippen LogP contribution in [0.2, 0.25) is 0 Å². The van der Waals surface area contributed by atoms with Crippen LogP contribution < -0.4 is 10.0 Å². The summed E-state index contributed by atoms with van der Waals surface area (Å²) in [5.41, 5.74) is 0. The monoisotopic (exact) mass is 328 g/mol. The molecule has 6 heteroatoms. The Morgan fingerprint density at radius 3 is 1.78 bits per heavy atom. The van der Waals surface area contributed by atoms with Crippen molar-refractivity contribution >= 4 is 28.8 Å². The Hall–Kier alpha value is -1.13. The molecule has 2 aromatic rings. The minimum Gasteiger partial charge on any atom is -0.457 e. The number of ether oxygens (including phenoxy) is 1. The molecule has 94 valence electrons. The first kappa shape index (κ1) is 13.3. The molecule has 0 aliphatic rings. The molecule has 2 N–H and O–H groups in total. The third-order valence-corrected chi connectivity index (χ3v) is 3.72. The van der Waals surface area contributed by atoms with Crippen LogP contribution in [0.25, 0.3) is 0 Å². The van der Waals surface area contributed by atoms with Gasteiger partial charge in [-0.2, -0.15) is 0 Å². The van der Waals surface area contributed by atoms with Gasteiger partial charge in [0.2, 0.25) is 0 Å². The Morgan fingerprint density at radius 2 is 1.33 bits per heavy atom. The average molecular weight is 329 g/mol. The quantitative estimate of drug-likeness (QED) is 0.850. The number of rotatable bonds is 3. The van der Waals surface area contributed by atoms with Gasteiger partial charge in [-0.1, -0.05) is 15.9 Å². The molecule has 4 nitrogen and oxygen atoms in total. The van der Waals surface area contributed by atoms with E-state index in [1.54, 1.807) is 12.1 Å². The van der Waals surface area contributed by atoms with E-state index in [1.165, 1.54) is 24.3 Å². The van der Waals surface area contributed by atoms with E-state index >= 15 is 0 Å². The van der Waals surface area contributed by atoms with Gasteiger partial charge in [0.25, 0.3) is 0 Å². The lowest BCUT2D eigenvalue weighted by Crippen LogP contribution is -2.02. The fourth-order valence-electron chi connectivity index (χ4n) is 1.35. The van der Waals surface area contributed by atoms with Crippen LogP contribution in [0.4, 0.5) is 0 Å². The Bertz CT molecular complexity index is 574. The highest BCUT2D eigenvalue weighted by molar-refractivity contribution is 9.10. The van der Waals surface area contributed by atoms with Crippen molar-refractivity contribution in [3.8, 4) is 11.5 Å². The van der Waals surface area contributed by atoms with Gasteiger partial charge in [0.15, 0.2) is 0 Å². The zero-order valence-electron chi connectivity index (χ0n) is 9.15. The lowest BCUT2D eigenvalue weighted by atomic mass is 10.3. The summed E-state index contributed by atoms with van der Waals surface area (Å²) in [5, 5.41) is -0.0225. The molecule has 0 aromatic heterocycles. The van der Waals surface area contributed by atoms with E-state index in [-0.39, 0.29) is 5.30 Å². The molecule has 0 saturated carbocycles. The fourth-order valence-corrected chi connectivity index (χ4v) is 2.15. The van der Waals surface area contributed by atoms with Crippen LogP contribution in [0, 0.1) is 0 Å². The highest BCUT2D eigenvalue weighted by Crippen LogP contribution is 2.34. The SMILES string of the molecule is O=P(O)(O)c1ccc(Oc2ccc(Br)cc2)cc1. The van der Waals surface area contributed by atoms with E-state index in [2.05, 4.69) is 15.9 Å². The van der Waals surface area contributed by atoms with Crippen LogP contribution in [0.3, 0.4) is 0 Å². The summed E-state index contributed by atoms with van der Waals surface area (Å²) in [7, 11) is -4.19. The number of hydrogen-bond donors (Lipinski definition) is 2. The molecule has 0 radical (unpaired) electrons. The minimum absolute atomic E-state index is 0.0225. The van der Waals surface area contributed by atoms with E-state index in [4.69, 9.17) is 14.5 Å². The summed E-state index contributed by atoms with van der Waals surface area (Å²) < 4.78 is 17.5. The summed E-state index contributed by atoms with van der Waals surface area (Å²) in [6.07, 6.45) is 0. The number of halogens is 1. The van der Waals surface area contributed by atoms with Gasteiger partial charge in [0.05, 0.1) is 5.30 Å². The predicted molar refractivity (Wildman–Crippen MR) is 72.3 cm³/mol. The standard InChI is InChI=1S/C12H10BrO4P/c13-9-1-3-10(4-2-9)17-11-5-7-12(8-6-11)18(14,15)16/h1-8H,(H2,14,15,16). The maximum Gasteiger partial charge on any atom is 0.356 e. The van der Waals surface area contributed by atoms with Crippen molar-refractivity contribution in [1.82, 2.24) is 0 Å². The van der Waals surface area contributed by atoms with E-state index < -0.39 is 7.60 Å². The van der Waals surface area contributed by atoms with E-state index in [1.807, 2.05) is 12.1 Å². The Balaban J connectivity index is 2.16. The van der Waals surface area contributed by atoms with Crippen LogP contribution >= 0.6 is 23.5 Å². The van der Waals surface area contributed by atoms with Gasteiger partial charge in [-0.25, -0.2) is 0 Å². The van der Waals surface area contributed by atoms with Crippen LogP contribution in [0.15, 0.2) is 53.0 Å². The van der Waals surface area contributed by atoms with Gasteiger partial charge in [0.1, 0.15) is 11.5 Å². The number of hydrogen-bond acceptors (Lipinski definition) is 2. The van der Waals surface area contributed by atoms with Crippen molar-refractivity contribution in [3.63, 3.8) is 0 Å². The first-order valence-corrected chi connectivity index (χ1v) is 7.45. The molecule has 0 fully saturated rings. The largest absolute Gasteiger partial charge is 0.457 e. The zero-order valence-corrected chi connectivity index (χ0v) is 11.6. The first-order valence-electron chi connectivity index (χ1n) is 5.05. The third-order valence-electron chi connectivity index (χ3n) is 2.22. The lowest BCUT2D eigenvalue weighted by molar-refractivity contribution is 0.387. The topological polar surface area (TPSA) is 66.8 Å². The molecule has 0 aliphatic heterocycles. The Labute approximate surface area is 113 Å². The molecule has 0 amide bonds. The highest BCUT2D eigenvalue weighted by atomic mass is 79.9. The van der Waals surface area contributed by atoms with Crippen molar-refractivity contribution in [2.24, 2.45) is 0 Å². The summed E-state index contributed by atoms with van der Waals surface area (Å²) >= 11 is 3.32. The molecular formula is C12H10BrO4P. The zero-order chi connectivity index (χ0) is 13.2. The molecule has 0 unspecified atom stereocenters. The second-order valence-electron chi connectivity index (χ2n) is 3.59. The van der Waals surface area contributed by atoms with Gasteiger partial charge in [-0.3, -0.25) is 4.57 Å². The fraction of sp³-hybridized carbons (Fsp3) is 0. The second-order valence-corrected chi connectivity index (χ2v) is 6.11. The molecule has 0 saturated heterocycles. The van der Waals surface area contributed by atoms with Crippen LogP contribution in [0.5, 0.6) is 11.5 Å². The molecule has 0 bridgehead atoms. The molecule has 0 spiro atoms. The van der Waals surface area contributed by atoms with Gasteiger partial charge in [-0.15, -0.1) is 0 Å². The molecule has 0 heterocycles. The highest BCUT2D eigenvalue weighted by Gasteiger charge is 2.16. The predicted octanol–water partition coefficient (Wildman–Crippen LogP) is 3.04. The van der Waals surface area contributed by atoms with Gasteiger partial charge < -0.3 is 14.5 Å². The molecule has 2 aromatic carbocycles. The third kappa shape index (κ3) is 3.43. The van der Waals surface area contributed by atoms with Crippen molar-refractivity contribution < 1.29 is 19.1 Å². The van der Waals surface area contributed by atoms with E-state index in [9.17, 15) is 4.57 Å². The minimum atomic E-state index is -4.19. The van der Waals surface area contributed by atoms with Crippen LogP contribution in [-0.2, 0) is 4.57 Å². The van der Waals surface area contributed by atoms with Crippen LogP contribution in [0.1, 0.15) is 0 Å². The summed E-state index contributed by atoms with van der Waals surface area (Å²) in [5.74, 6) is 1.18. The van der Waals surface area contributed by atoms with Gasteiger partial charge >= 0.3 is 7.60 Å². The molecule has 18 heavy (non-hydrogen) atoms. The molecule has 0 atom stereocenters. The maximum atomic E-state index is 11.0. The number of benzene rings is 2. The first-order chi connectivity index (χ1) is 8.45. The average Bonchev–Trinajstić information content (AvgIpc) is 2.32. The van der Waals surface area contributed by atoms with E-state index in [0.29, 0.717) is 11.5 Å². The molecule has 0 aliphatic carbocycles. The summed E-state index contributed by atoms with van der Waals surface area (Å²) in [6, 6.07) is 13.0. The smallest absolute Gasteiger partial charge is 0.356 e.